The molecule has 0 saturated heterocycles. The predicted molar refractivity (Wildman–Crippen MR) is 116 cm³/mol. The Balaban J connectivity index is 1.86. The first-order valence-electron chi connectivity index (χ1n) is 9.29. The van der Waals surface area contributed by atoms with Crippen molar-refractivity contribution in [3.05, 3.63) is 58.9 Å². The van der Waals surface area contributed by atoms with E-state index in [0.717, 1.165) is 11.4 Å². The molecule has 0 fully saturated rings. The summed E-state index contributed by atoms with van der Waals surface area (Å²) in [5.74, 6) is 0.360. The third-order valence-electron chi connectivity index (χ3n) is 4.99. The van der Waals surface area contributed by atoms with Crippen molar-refractivity contribution in [2.75, 3.05) is 38.2 Å². The Morgan fingerprint density at radius 2 is 1.87 bits per heavy atom. The fourth-order valence-corrected chi connectivity index (χ4v) is 3.63. The van der Waals surface area contributed by atoms with Gasteiger partial charge in [-0.2, -0.15) is 0 Å². The van der Waals surface area contributed by atoms with Crippen LogP contribution in [0.1, 0.15) is 10.4 Å². The maximum atomic E-state index is 14.8. The highest BCUT2D eigenvalue weighted by molar-refractivity contribution is 6.31. The summed E-state index contributed by atoms with van der Waals surface area (Å²) >= 11 is 5.96. The number of methoxy groups -OCH3 is 3. The van der Waals surface area contributed by atoms with Crippen LogP contribution >= 0.6 is 11.6 Å². The number of carbonyl (C=O) groups excluding carboxylic acids is 1. The molecule has 160 valence electrons. The predicted octanol–water partition coefficient (Wildman–Crippen LogP) is 4.87. The summed E-state index contributed by atoms with van der Waals surface area (Å²) in [5.41, 5.74) is 2.00. The Morgan fingerprint density at radius 1 is 1.13 bits per heavy atom. The lowest BCUT2D eigenvalue weighted by Crippen LogP contribution is -2.19. The monoisotopic (exact) mass is 443 g/mol. The van der Waals surface area contributed by atoms with Crippen molar-refractivity contribution < 1.29 is 23.4 Å². The summed E-state index contributed by atoms with van der Waals surface area (Å²) in [6.07, 6.45) is 0. The molecule has 1 aliphatic rings. The van der Waals surface area contributed by atoms with Gasteiger partial charge in [0, 0.05) is 17.7 Å². The van der Waals surface area contributed by atoms with Gasteiger partial charge in [0.25, 0.3) is 0 Å². The average molecular weight is 444 g/mol. The van der Waals surface area contributed by atoms with Gasteiger partial charge in [0.2, 0.25) is 0 Å². The standard InChI is InChI=1S/C22H19ClFN3O4/c1-29-17-9-15-16(10-18(17)30-2)27(11-25-15)19-8-7-13(22(28)31-3)21(26-19)12-5-4-6-14(23)20(12)24/h4-10,25H,11H2,1-3H3. The Hall–Kier alpha value is -3.52. The number of esters is 1. The van der Waals surface area contributed by atoms with Gasteiger partial charge in [-0.05, 0) is 24.3 Å². The zero-order valence-corrected chi connectivity index (χ0v) is 17.8. The zero-order valence-electron chi connectivity index (χ0n) is 17.0. The second kappa shape index (κ2) is 8.31. The molecule has 4 rings (SSSR count). The van der Waals surface area contributed by atoms with Crippen molar-refractivity contribution in [1.29, 1.82) is 0 Å². The average Bonchev–Trinajstić information content (AvgIpc) is 3.21. The van der Waals surface area contributed by atoms with Crippen molar-refractivity contribution in [3.8, 4) is 22.8 Å². The first-order chi connectivity index (χ1) is 15.0. The highest BCUT2D eigenvalue weighted by atomic mass is 35.5. The number of hydrogen-bond acceptors (Lipinski definition) is 7. The number of ether oxygens (including phenoxy) is 3. The molecule has 0 spiro atoms. The van der Waals surface area contributed by atoms with Gasteiger partial charge in [0.1, 0.15) is 5.82 Å². The van der Waals surface area contributed by atoms with Crippen LogP contribution in [0.4, 0.5) is 21.6 Å². The highest BCUT2D eigenvalue weighted by Gasteiger charge is 2.26. The Morgan fingerprint density at radius 3 is 2.58 bits per heavy atom. The van der Waals surface area contributed by atoms with Crippen LogP contribution in [-0.2, 0) is 4.74 Å². The van der Waals surface area contributed by atoms with Crippen molar-refractivity contribution in [2.45, 2.75) is 0 Å². The molecule has 31 heavy (non-hydrogen) atoms. The lowest BCUT2D eigenvalue weighted by molar-refractivity contribution is 0.0601. The van der Waals surface area contributed by atoms with Crippen molar-refractivity contribution in [3.63, 3.8) is 0 Å². The van der Waals surface area contributed by atoms with E-state index in [4.69, 9.17) is 25.8 Å². The number of rotatable bonds is 5. The zero-order chi connectivity index (χ0) is 22.1. The molecule has 0 amide bonds. The smallest absolute Gasteiger partial charge is 0.340 e. The summed E-state index contributed by atoms with van der Waals surface area (Å²) < 4.78 is 30.4. The molecule has 0 bridgehead atoms. The molecule has 0 atom stereocenters. The van der Waals surface area contributed by atoms with E-state index in [1.165, 1.54) is 19.2 Å². The minimum Gasteiger partial charge on any atom is -0.493 e. The van der Waals surface area contributed by atoms with Crippen LogP contribution in [0.2, 0.25) is 5.02 Å². The normalized spacial score (nSPS) is 12.2. The van der Waals surface area contributed by atoms with Gasteiger partial charge in [0.15, 0.2) is 17.3 Å². The Labute approximate surface area is 183 Å². The quantitative estimate of drug-likeness (QED) is 0.564. The maximum absolute atomic E-state index is 14.8. The molecule has 1 aliphatic heterocycles. The van der Waals surface area contributed by atoms with Gasteiger partial charge >= 0.3 is 5.97 Å². The molecule has 0 saturated carbocycles. The highest BCUT2D eigenvalue weighted by Crippen LogP contribution is 2.44. The molecule has 1 N–H and O–H groups in total. The van der Waals surface area contributed by atoms with E-state index < -0.39 is 11.8 Å². The topological polar surface area (TPSA) is 72.9 Å². The Bertz CT molecular complexity index is 1170. The van der Waals surface area contributed by atoms with E-state index >= 15 is 0 Å². The maximum Gasteiger partial charge on any atom is 0.340 e. The van der Waals surface area contributed by atoms with Crippen LogP contribution in [-0.4, -0.2) is 39.0 Å². The fourth-order valence-electron chi connectivity index (χ4n) is 3.45. The minimum atomic E-state index is -0.662. The van der Waals surface area contributed by atoms with E-state index in [1.54, 1.807) is 32.4 Å². The molecular weight excluding hydrogens is 425 g/mol. The molecular formula is C22H19ClFN3O4. The van der Waals surface area contributed by atoms with Gasteiger partial charge < -0.3 is 24.4 Å². The van der Waals surface area contributed by atoms with E-state index in [0.29, 0.717) is 24.0 Å². The van der Waals surface area contributed by atoms with Crippen LogP contribution in [0.15, 0.2) is 42.5 Å². The van der Waals surface area contributed by atoms with Crippen molar-refractivity contribution in [1.82, 2.24) is 4.98 Å². The number of carbonyl (C=O) groups is 1. The molecule has 2 heterocycles. The largest absolute Gasteiger partial charge is 0.493 e. The van der Waals surface area contributed by atoms with Gasteiger partial charge in [-0.3, -0.25) is 0 Å². The molecule has 0 aliphatic carbocycles. The molecule has 1 aromatic heterocycles. The molecule has 3 aromatic rings. The van der Waals surface area contributed by atoms with Crippen LogP contribution in [0.3, 0.4) is 0 Å². The van der Waals surface area contributed by atoms with Gasteiger partial charge in [-0.25, -0.2) is 14.2 Å². The number of pyridine rings is 1. The first-order valence-corrected chi connectivity index (χ1v) is 9.67. The third kappa shape index (κ3) is 3.59. The van der Waals surface area contributed by atoms with Crippen molar-refractivity contribution >= 4 is 34.8 Å². The number of fused-ring (bicyclic) bond motifs is 1. The van der Waals surface area contributed by atoms with Gasteiger partial charge in [-0.15, -0.1) is 0 Å². The molecule has 0 unspecified atom stereocenters. The number of nitrogens with one attached hydrogen (secondary N) is 1. The van der Waals surface area contributed by atoms with Crippen molar-refractivity contribution in [2.24, 2.45) is 0 Å². The van der Waals surface area contributed by atoms with Gasteiger partial charge in [0.05, 0.1) is 55.7 Å². The van der Waals surface area contributed by atoms with E-state index in [1.807, 2.05) is 17.0 Å². The number of benzene rings is 2. The second-order valence-electron chi connectivity index (χ2n) is 6.65. The summed E-state index contributed by atoms with van der Waals surface area (Å²) in [4.78, 5) is 18.8. The SMILES string of the molecule is COC(=O)c1ccc(N2CNc3cc(OC)c(OC)cc32)nc1-c1cccc(Cl)c1F. The first kappa shape index (κ1) is 20.7. The number of aromatic nitrogens is 1. The van der Waals surface area contributed by atoms with E-state index in [9.17, 15) is 9.18 Å². The Kier molecular flexibility index (Phi) is 5.56. The summed E-state index contributed by atoms with van der Waals surface area (Å²) in [7, 11) is 4.38. The van der Waals surface area contributed by atoms with E-state index in [-0.39, 0.29) is 21.8 Å². The molecule has 9 heteroatoms. The molecule has 2 aromatic carbocycles. The van der Waals surface area contributed by atoms with Gasteiger partial charge in [-0.1, -0.05) is 17.7 Å². The lowest BCUT2D eigenvalue weighted by Gasteiger charge is -2.20. The third-order valence-corrected chi connectivity index (χ3v) is 5.28. The molecule has 0 radical (unpaired) electrons. The summed E-state index contributed by atoms with van der Waals surface area (Å²) in [6.45, 7) is 0.410. The van der Waals surface area contributed by atoms with Crippen LogP contribution in [0.5, 0.6) is 11.5 Å². The lowest BCUT2D eigenvalue weighted by atomic mass is 10.0. The second-order valence-corrected chi connectivity index (χ2v) is 7.05. The number of nitrogens with zero attached hydrogens (tertiary/aromatic N) is 2. The number of halogens is 2. The number of hydrogen-bond donors (Lipinski definition) is 1. The molecule has 7 nitrogen and oxygen atoms in total. The fraction of sp³-hybridized carbons (Fsp3) is 0.182. The number of anilines is 3. The van der Waals surface area contributed by atoms with Crippen LogP contribution < -0.4 is 19.7 Å². The van der Waals surface area contributed by atoms with Crippen LogP contribution in [0, 0.1) is 5.82 Å². The van der Waals surface area contributed by atoms with E-state index in [2.05, 4.69) is 10.3 Å². The van der Waals surface area contributed by atoms with Crippen LogP contribution in [0.25, 0.3) is 11.3 Å². The summed E-state index contributed by atoms with van der Waals surface area (Å²) in [6, 6.07) is 11.4. The minimum absolute atomic E-state index is 0.0643. The summed E-state index contributed by atoms with van der Waals surface area (Å²) in [5, 5.41) is 3.20.